The van der Waals surface area contributed by atoms with Gasteiger partial charge in [0.2, 0.25) is 0 Å². The first-order valence-electron chi connectivity index (χ1n) is 21.9. The number of aromatic nitrogens is 3. The lowest BCUT2D eigenvalue weighted by atomic mass is 9.90. The summed E-state index contributed by atoms with van der Waals surface area (Å²) in [6.45, 7) is 20.1. The fraction of sp³-hybridized carbons (Fsp3) is 0.681. The van der Waals surface area contributed by atoms with E-state index in [2.05, 4.69) is 107 Å². The molecule has 3 saturated heterocycles. The van der Waals surface area contributed by atoms with Gasteiger partial charge in [0.1, 0.15) is 5.60 Å². The molecule has 58 heavy (non-hydrogen) atoms. The molecule has 3 fully saturated rings. The maximum atomic E-state index is 11.4. The van der Waals surface area contributed by atoms with Crippen LogP contribution >= 0.6 is 0 Å². The number of likely N-dealkylation sites (N-methyl/N-ethyl adjacent to an activating group) is 3. The number of ether oxygens (including phenoxy) is 3. The molecule has 3 unspecified atom stereocenters. The van der Waals surface area contributed by atoms with Gasteiger partial charge in [-0.3, -0.25) is 24.8 Å². The van der Waals surface area contributed by atoms with Gasteiger partial charge in [0.25, 0.3) is 0 Å². The van der Waals surface area contributed by atoms with E-state index in [4.69, 9.17) is 29.2 Å². The number of aliphatic hydroxyl groups excluding tert-OH is 1. The van der Waals surface area contributed by atoms with Crippen molar-refractivity contribution in [2.24, 2.45) is 0 Å². The van der Waals surface area contributed by atoms with Crippen molar-refractivity contribution >= 4 is 0 Å². The van der Waals surface area contributed by atoms with Crippen molar-refractivity contribution in [2.45, 2.75) is 128 Å². The summed E-state index contributed by atoms with van der Waals surface area (Å²) in [6.07, 6.45) is 3.65. The zero-order valence-corrected chi connectivity index (χ0v) is 36.9. The highest BCUT2D eigenvalue weighted by Crippen LogP contribution is 2.36. The van der Waals surface area contributed by atoms with Gasteiger partial charge in [-0.05, 0) is 81.1 Å². The molecule has 0 radical (unpaired) electrons. The highest BCUT2D eigenvalue weighted by Gasteiger charge is 2.38. The topological polar surface area (TPSA) is 117 Å². The second-order valence-electron chi connectivity index (χ2n) is 18.5. The van der Waals surface area contributed by atoms with Crippen LogP contribution in [0.5, 0.6) is 0 Å². The Morgan fingerprint density at radius 3 is 1.74 bits per heavy atom. The Hall–Kier alpha value is -2.87. The normalized spacial score (nSPS) is 23.9. The second-order valence-corrected chi connectivity index (χ2v) is 18.5. The van der Waals surface area contributed by atoms with E-state index < -0.39 is 5.60 Å². The van der Waals surface area contributed by atoms with E-state index in [-0.39, 0.29) is 18.8 Å². The first-order chi connectivity index (χ1) is 27.7. The summed E-state index contributed by atoms with van der Waals surface area (Å²) in [7, 11) is 6.38. The third-order valence-electron chi connectivity index (χ3n) is 12.5. The van der Waals surface area contributed by atoms with Crippen LogP contribution < -0.4 is 0 Å². The zero-order valence-electron chi connectivity index (χ0n) is 36.9. The molecule has 3 aromatic rings. The minimum absolute atomic E-state index is 0.102. The zero-order chi connectivity index (χ0) is 41.6. The highest BCUT2D eigenvalue weighted by molar-refractivity contribution is 5.32. The van der Waals surface area contributed by atoms with Crippen LogP contribution in [0.15, 0.2) is 36.4 Å². The first kappa shape index (κ1) is 44.7. The Morgan fingerprint density at radius 1 is 0.672 bits per heavy atom. The molecule has 0 saturated carbocycles. The molecule has 6 rings (SSSR count). The lowest BCUT2D eigenvalue weighted by Crippen LogP contribution is -2.32. The Morgan fingerprint density at radius 2 is 1.19 bits per heavy atom. The van der Waals surface area contributed by atoms with Crippen molar-refractivity contribution in [3.63, 3.8) is 0 Å². The van der Waals surface area contributed by atoms with Crippen LogP contribution in [0.4, 0.5) is 0 Å². The Bertz CT molecular complexity index is 1780. The molecule has 6 heterocycles. The minimum Gasteiger partial charge on any atom is -0.395 e. The van der Waals surface area contributed by atoms with Crippen LogP contribution in [-0.2, 0) is 39.3 Å². The molecule has 11 nitrogen and oxygen atoms in total. The smallest absolute Gasteiger partial charge is 0.117 e. The molecule has 320 valence electrons. The van der Waals surface area contributed by atoms with Crippen LogP contribution in [0.25, 0.3) is 0 Å². The van der Waals surface area contributed by atoms with Crippen LogP contribution in [-0.4, -0.2) is 132 Å². The molecule has 0 amide bonds. The van der Waals surface area contributed by atoms with Crippen molar-refractivity contribution in [1.82, 2.24) is 29.7 Å². The second kappa shape index (κ2) is 20.1. The predicted octanol–water partition coefficient (Wildman–Crippen LogP) is 6.33. The van der Waals surface area contributed by atoms with Crippen molar-refractivity contribution < 1.29 is 24.4 Å². The molecule has 2 N–H and O–H groups in total. The van der Waals surface area contributed by atoms with Gasteiger partial charge in [0.05, 0.1) is 50.0 Å². The van der Waals surface area contributed by atoms with Crippen molar-refractivity contribution in [2.75, 3.05) is 80.4 Å². The fourth-order valence-electron chi connectivity index (χ4n) is 8.93. The number of pyridine rings is 3. The molecular weight excluding hydrogens is 729 g/mol. The first-order valence-corrected chi connectivity index (χ1v) is 21.9. The van der Waals surface area contributed by atoms with E-state index in [0.29, 0.717) is 75.5 Å². The summed E-state index contributed by atoms with van der Waals surface area (Å²) >= 11 is 0. The lowest BCUT2D eigenvalue weighted by molar-refractivity contribution is 0.0211. The fourth-order valence-corrected chi connectivity index (χ4v) is 8.93. The van der Waals surface area contributed by atoms with E-state index in [1.165, 1.54) is 16.8 Å². The number of aliphatic hydroxyl groups is 2. The van der Waals surface area contributed by atoms with Gasteiger partial charge in [-0.25, -0.2) is 0 Å². The van der Waals surface area contributed by atoms with E-state index in [1.807, 2.05) is 7.05 Å². The summed E-state index contributed by atoms with van der Waals surface area (Å²) in [4.78, 5) is 22.2. The Labute approximate surface area is 348 Å². The quantitative estimate of drug-likeness (QED) is 0.142. The van der Waals surface area contributed by atoms with Gasteiger partial charge in [0.15, 0.2) is 0 Å². The average molecular weight is 801 g/mol. The monoisotopic (exact) mass is 801 g/mol. The van der Waals surface area contributed by atoms with Gasteiger partial charge in [0, 0.05) is 98.9 Å². The summed E-state index contributed by atoms with van der Waals surface area (Å²) in [6, 6.07) is 13.1. The maximum Gasteiger partial charge on any atom is 0.117 e. The number of hydrogen-bond acceptors (Lipinski definition) is 11. The van der Waals surface area contributed by atoms with E-state index >= 15 is 0 Å². The SMILES string of the molecule is CC(C)c1ccc(C2COC(CN(C)CCc3nc(C(C)C)ccc3[C@@H]3COC(CN(C)Cc4nc(C(C)C)ccc4[C@@]4(O)CCOC4)C3)C2)c(CN(C)CCO)n1. The summed E-state index contributed by atoms with van der Waals surface area (Å²) in [5.74, 6) is 1.63. The molecular formula is C47H72N6O5. The summed E-state index contributed by atoms with van der Waals surface area (Å²) < 4.78 is 18.5. The molecule has 3 aromatic heterocycles. The molecule has 0 aliphatic carbocycles. The molecule has 5 atom stereocenters. The molecule has 3 aliphatic heterocycles. The van der Waals surface area contributed by atoms with Crippen molar-refractivity contribution in [1.29, 1.82) is 0 Å². The van der Waals surface area contributed by atoms with Crippen LogP contribution in [0, 0.1) is 0 Å². The number of rotatable bonds is 19. The maximum absolute atomic E-state index is 11.4. The Balaban J connectivity index is 1.06. The third-order valence-corrected chi connectivity index (χ3v) is 12.5. The standard InChI is InChI=1S/C47H72N6O5/c1-31(2)41-13-10-38(34-22-37(58-28-34)25-53(9)27-46-40(47(55)17-21-56-30-47)12-15-43(50-46)33(5)6)44(48-41)16-18-51(7)24-36-23-35(29-57-36)39-11-14-42(32(3)4)49-45(39)26-52(8)19-20-54/h10-15,31-37,54-55H,16-30H2,1-9H3/t34-,35?,36?,37?,47+/m0/s1. The van der Waals surface area contributed by atoms with Crippen LogP contribution in [0.2, 0.25) is 0 Å². The highest BCUT2D eigenvalue weighted by atomic mass is 16.5. The summed E-state index contributed by atoms with van der Waals surface area (Å²) in [5, 5.41) is 21.0. The third kappa shape index (κ3) is 11.3. The lowest BCUT2D eigenvalue weighted by Gasteiger charge is -2.27. The predicted molar refractivity (Wildman–Crippen MR) is 229 cm³/mol. The van der Waals surface area contributed by atoms with Crippen molar-refractivity contribution in [3.05, 3.63) is 87.3 Å². The molecule has 0 spiro atoms. The molecule has 0 bridgehead atoms. The van der Waals surface area contributed by atoms with Gasteiger partial charge in [-0.2, -0.15) is 0 Å². The number of hydrogen-bond donors (Lipinski definition) is 2. The van der Waals surface area contributed by atoms with Gasteiger partial charge in [-0.15, -0.1) is 0 Å². The average Bonchev–Trinajstić information content (AvgIpc) is 3.96. The van der Waals surface area contributed by atoms with Crippen LogP contribution in [0.3, 0.4) is 0 Å². The Kier molecular flexibility index (Phi) is 15.5. The van der Waals surface area contributed by atoms with E-state index in [0.717, 1.165) is 79.5 Å². The van der Waals surface area contributed by atoms with E-state index in [1.54, 1.807) is 0 Å². The van der Waals surface area contributed by atoms with Gasteiger partial charge < -0.3 is 29.3 Å². The van der Waals surface area contributed by atoms with Crippen LogP contribution in [0.1, 0.15) is 141 Å². The van der Waals surface area contributed by atoms with Gasteiger partial charge >= 0.3 is 0 Å². The molecule has 3 aliphatic rings. The minimum atomic E-state index is -0.986. The largest absolute Gasteiger partial charge is 0.395 e. The molecule has 0 aromatic carbocycles. The van der Waals surface area contributed by atoms with Gasteiger partial charge in [-0.1, -0.05) is 59.7 Å². The summed E-state index contributed by atoms with van der Waals surface area (Å²) in [5.41, 5.74) is 9.00. The number of nitrogens with zero attached hydrogens (tertiary/aromatic N) is 6. The van der Waals surface area contributed by atoms with Crippen molar-refractivity contribution in [3.8, 4) is 0 Å². The van der Waals surface area contributed by atoms with E-state index in [9.17, 15) is 10.2 Å². The molecule has 11 heteroatoms.